The molecule has 0 spiro atoms. The lowest BCUT2D eigenvalue weighted by Crippen LogP contribution is -2.40. The van der Waals surface area contributed by atoms with Crippen LogP contribution in [0.15, 0.2) is 18.2 Å². The zero-order chi connectivity index (χ0) is 19.5. The summed E-state index contributed by atoms with van der Waals surface area (Å²) in [6.45, 7) is 11.2. The largest absolute Gasteiger partial charge is 0.484 e. The van der Waals surface area contributed by atoms with Gasteiger partial charge in [0, 0.05) is 24.3 Å². The highest BCUT2D eigenvalue weighted by atomic mass is 19.1. The van der Waals surface area contributed by atoms with Gasteiger partial charge in [-0.2, -0.15) is 0 Å². The van der Waals surface area contributed by atoms with Gasteiger partial charge in [0.1, 0.15) is 25.1 Å². The van der Waals surface area contributed by atoms with Crippen molar-refractivity contribution in [1.29, 1.82) is 0 Å². The highest BCUT2D eigenvalue weighted by molar-refractivity contribution is 5.37. The van der Waals surface area contributed by atoms with E-state index in [1.165, 1.54) is 6.07 Å². The average Bonchev–Trinajstić information content (AvgIpc) is 2.74. The number of rotatable bonds is 4. The number of hydrogen-bond acceptors (Lipinski definition) is 7. The fourth-order valence-corrected chi connectivity index (χ4v) is 3.42. The summed E-state index contributed by atoms with van der Waals surface area (Å²) in [6, 6.07) is 4.41. The van der Waals surface area contributed by atoms with E-state index in [0.717, 1.165) is 25.9 Å². The number of pyridine rings is 1. The monoisotopic (exact) mass is 385 g/mol. The van der Waals surface area contributed by atoms with Crippen LogP contribution in [-0.2, 0) is 0 Å². The Balaban J connectivity index is 1.37. The van der Waals surface area contributed by atoms with Crippen LogP contribution in [-0.4, -0.2) is 52.5 Å². The third-order valence-electron chi connectivity index (χ3n) is 4.96. The summed E-state index contributed by atoms with van der Waals surface area (Å²) in [7, 11) is 0. The van der Waals surface area contributed by atoms with E-state index in [1.807, 2.05) is 6.92 Å². The van der Waals surface area contributed by atoms with Gasteiger partial charge >= 0.3 is 0 Å². The molecule has 0 radical (unpaired) electrons. The second-order valence-corrected chi connectivity index (χ2v) is 6.73. The van der Waals surface area contributed by atoms with E-state index in [9.17, 15) is 4.39 Å². The summed E-state index contributed by atoms with van der Waals surface area (Å²) < 4.78 is 31.2. The molecule has 4 rings (SSSR count). The SMILES string of the molecule is [C-]#[N+]c1ccc(OC2CCN([C@@H](C)c3nc4c(cc3F)OCCO4)CC2)nn1. The molecule has 0 N–H and O–H groups in total. The molecule has 146 valence electrons. The van der Waals surface area contributed by atoms with Crippen LogP contribution in [0.5, 0.6) is 17.5 Å². The maximum Gasteiger partial charge on any atom is 0.296 e. The van der Waals surface area contributed by atoms with Gasteiger partial charge < -0.3 is 19.1 Å². The number of likely N-dealkylation sites (tertiary alicyclic amines) is 1. The molecular weight excluding hydrogens is 365 g/mol. The second kappa shape index (κ2) is 7.94. The number of fused-ring (bicyclic) bond motifs is 1. The first-order valence-electron chi connectivity index (χ1n) is 9.22. The Labute approximate surface area is 162 Å². The molecule has 2 aliphatic heterocycles. The summed E-state index contributed by atoms with van der Waals surface area (Å²) in [6.07, 6.45) is 1.57. The van der Waals surface area contributed by atoms with Gasteiger partial charge in [0.05, 0.1) is 11.7 Å². The Bertz CT molecular complexity index is 878. The van der Waals surface area contributed by atoms with E-state index in [0.29, 0.717) is 36.4 Å². The van der Waals surface area contributed by atoms with Crippen molar-refractivity contribution >= 4 is 5.82 Å². The smallest absolute Gasteiger partial charge is 0.296 e. The zero-order valence-electron chi connectivity index (χ0n) is 15.5. The Morgan fingerprint density at radius 1 is 1.25 bits per heavy atom. The lowest BCUT2D eigenvalue weighted by Gasteiger charge is -2.35. The van der Waals surface area contributed by atoms with Gasteiger partial charge in [0.15, 0.2) is 5.75 Å². The molecule has 0 aliphatic carbocycles. The molecule has 0 amide bonds. The predicted molar refractivity (Wildman–Crippen MR) is 97.1 cm³/mol. The van der Waals surface area contributed by atoms with E-state index >= 15 is 0 Å². The minimum atomic E-state index is -0.384. The normalized spacial score (nSPS) is 18.3. The summed E-state index contributed by atoms with van der Waals surface area (Å²) in [4.78, 5) is 9.74. The Morgan fingerprint density at radius 3 is 2.75 bits per heavy atom. The Morgan fingerprint density at radius 2 is 2.04 bits per heavy atom. The van der Waals surface area contributed by atoms with Gasteiger partial charge in [0.25, 0.3) is 17.6 Å². The van der Waals surface area contributed by atoms with Crippen molar-refractivity contribution in [3.8, 4) is 17.5 Å². The zero-order valence-corrected chi connectivity index (χ0v) is 15.5. The number of ether oxygens (including phenoxy) is 3. The second-order valence-electron chi connectivity index (χ2n) is 6.73. The van der Waals surface area contributed by atoms with Crippen LogP contribution >= 0.6 is 0 Å². The first kappa shape index (κ1) is 18.4. The van der Waals surface area contributed by atoms with Crippen LogP contribution in [0.4, 0.5) is 10.2 Å². The molecule has 0 saturated carbocycles. The molecule has 0 bridgehead atoms. The van der Waals surface area contributed by atoms with Gasteiger partial charge in [-0.05, 0) is 37.0 Å². The van der Waals surface area contributed by atoms with E-state index in [1.54, 1.807) is 12.1 Å². The summed E-state index contributed by atoms with van der Waals surface area (Å²) in [5.41, 5.74) is 0.365. The van der Waals surface area contributed by atoms with Crippen molar-refractivity contribution in [2.75, 3.05) is 26.3 Å². The van der Waals surface area contributed by atoms with Crippen molar-refractivity contribution < 1.29 is 18.6 Å². The lowest BCUT2D eigenvalue weighted by molar-refractivity contribution is 0.0735. The quantitative estimate of drug-likeness (QED) is 0.749. The van der Waals surface area contributed by atoms with Crippen molar-refractivity contribution in [3.63, 3.8) is 0 Å². The highest BCUT2D eigenvalue weighted by Gasteiger charge is 2.29. The summed E-state index contributed by atoms with van der Waals surface area (Å²) in [5.74, 6) is 0.986. The fraction of sp³-hybridized carbons (Fsp3) is 0.474. The molecule has 9 heteroatoms. The topological polar surface area (TPSA) is 74.0 Å². The van der Waals surface area contributed by atoms with Crippen LogP contribution in [0.2, 0.25) is 0 Å². The maximum absolute atomic E-state index is 14.5. The molecule has 8 nitrogen and oxygen atoms in total. The summed E-state index contributed by atoms with van der Waals surface area (Å²) >= 11 is 0. The predicted octanol–water partition coefficient (Wildman–Crippen LogP) is 2.94. The molecule has 2 aliphatic rings. The number of hydrogen-bond donors (Lipinski definition) is 0. The molecule has 2 aromatic heterocycles. The molecule has 1 saturated heterocycles. The van der Waals surface area contributed by atoms with E-state index in [2.05, 4.69) is 24.9 Å². The third-order valence-corrected chi connectivity index (χ3v) is 4.96. The van der Waals surface area contributed by atoms with Crippen LogP contribution in [0.3, 0.4) is 0 Å². The number of nitrogens with zero attached hydrogens (tertiary/aromatic N) is 5. The Kier molecular flexibility index (Phi) is 5.21. The van der Waals surface area contributed by atoms with Crippen molar-refractivity contribution in [2.45, 2.75) is 31.9 Å². The van der Waals surface area contributed by atoms with Crippen LogP contribution in [0, 0.1) is 12.4 Å². The number of halogens is 1. The number of piperidine rings is 1. The highest BCUT2D eigenvalue weighted by Crippen LogP contribution is 2.34. The lowest BCUT2D eigenvalue weighted by atomic mass is 10.0. The molecule has 0 unspecified atom stereocenters. The molecule has 0 aromatic carbocycles. The molecule has 4 heterocycles. The van der Waals surface area contributed by atoms with Crippen molar-refractivity contribution in [1.82, 2.24) is 20.1 Å². The molecule has 1 fully saturated rings. The molecule has 28 heavy (non-hydrogen) atoms. The molecule has 1 atom stereocenters. The minimum absolute atomic E-state index is 0.00890. The molecule has 2 aromatic rings. The number of aromatic nitrogens is 3. The van der Waals surface area contributed by atoms with E-state index in [4.69, 9.17) is 20.8 Å². The van der Waals surface area contributed by atoms with Crippen molar-refractivity contribution in [3.05, 3.63) is 41.1 Å². The standard InChI is InChI=1S/C19H20FN5O3/c1-12(18-14(20)11-15-19(22-18)27-10-9-26-15)25-7-5-13(6-8-25)28-17-4-3-16(21-2)23-24-17/h3-4,11-13H,5-10H2,1H3/t12-/m0/s1. The Hall–Kier alpha value is -2.99. The first-order valence-corrected chi connectivity index (χ1v) is 9.22. The fourth-order valence-electron chi connectivity index (χ4n) is 3.42. The van der Waals surface area contributed by atoms with Crippen LogP contribution in [0.25, 0.3) is 4.85 Å². The third kappa shape index (κ3) is 3.82. The van der Waals surface area contributed by atoms with Crippen LogP contribution in [0.1, 0.15) is 31.5 Å². The average molecular weight is 385 g/mol. The van der Waals surface area contributed by atoms with Gasteiger partial charge in [0.2, 0.25) is 0 Å². The van der Waals surface area contributed by atoms with Crippen molar-refractivity contribution in [2.24, 2.45) is 0 Å². The summed E-state index contributed by atoms with van der Waals surface area (Å²) in [5, 5.41) is 7.69. The van der Waals surface area contributed by atoms with Gasteiger partial charge in [-0.15, -0.1) is 0 Å². The maximum atomic E-state index is 14.5. The first-order chi connectivity index (χ1) is 13.6. The van der Waals surface area contributed by atoms with Gasteiger partial charge in [-0.25, -0.2) is 9.37 Å². The van der Waals surface area contributed by atoms with Gasteiger partial charge in [-0.3, -0.25) is 4.90 Å². The van der Waals surface area contributed by atoms with E-state index < -0.39 is 0 Å². The minimum Gasteiger partial charge on any atom is -0.484 e. The molecular formula is C19H20FN5O3. The van der Waals surface area contributed by atoms with E-state index in [-0.39, 0.29) is 23.8 Å². The van der Waals surface area contributed by atoms with Crippen LogP contribution < -0.4 is 14.2 Å². The van der Waals surface area contributed by atoms with Gasteiger partial charge in [-0.1, -0.05) is 6.57 Å².